The molecule has 2 rings (SSSR count). The Morgan fingerprint density at radius 3 is 2.89 bits per heavy atom. The van der Waals surface area contributed by atoms with Crippen LogP contribution in [-0.2, 0) is 6.61 Å². The van der Waals surface area contributed by atoms with Crippen LogP contribution < -0.4 is 4.74 Å². The summed E-state index contributed by atoms with van der Waals surface area (Å²) < 4.78 is 10.1. The molecular formula is C11H8N2O6. The van der Waals surface area contributed by atoms with E-state index in [0.29, 0.717) is 0 Å². The number of nitrogens with zero attached hydrogens (tertiary/aromatic N) is 2. The number of carbonyl (C=O) groups is 1. The summed E-state index contributed by atoms with van der Waals surface area (Å²) in [5.41, 5.74) is 0. The van der Waals surface area contributed by atoms with Crippen LogP contribution in [0.2, 0.25) is 0 Å². The highest BCUT2D eigenvalue weighted by Crippen LogP contribution is 2.24. The average molecular weight is 264 g/mol. The van der Waals surface area contributed by atoms with E-state index in [4.69, 9.17) is 14.3 Å². The Balaban J connectivity index is 2.10. The highest BCUT2D eigenvalue weighted by molar-refractivity contribution is 5.84. The van der Waals surface area contributed by atoms with Gasteiger partial charge in [0.15, 0.2) is 0 Å². The number of carboxylic acids is 1. The predicted molar refractivity (Wildman–Crippen MR) is 60.9 cm³/mol. The van der Waals surface area contributed by atoms with Gasteiger partial charge in [0.1, 0.15) is 18.6 Å². The minimum Gasteiger partial charge on any atom is -0.477 e. The van der Waals surface area contributed by atoms with Crippen LogP contribution in [0.3, 0.4) is 0 Å². The summed E-state index contributed by atoms with van der Waals surface area (Å²) >= 11 is 0. The zero-order valence-corrected chi connectivity index (χ0v) is 9.48. The molecule has 19 heavy (non-hydrogen) atoms. The number of nitro groups is 1. The molecule has 0 radical (unpaired) electrons. The fourth-order valence-corrected chi connectivity index (χ4v) is 1.35. The van der Waals surface area contributed by atoms with Gasteiger partial charge < -0.3 is 24.4 Å². The Hall–Kier alpha value is -2.90. The summed E-state index contributed by atoms with van der Waals surface area (Å²) in [5.74, 6) is -1.60. The standard InChI is InChI=1S/C11H8N2O6/c14-11(15)9-4-3-7(19-9)6-18-8-2-1-5-12-10(8)13(16)17/h1-5H,6H2,(H,14,15). The number of pyridine rings is 1. The zero-order chi connectivity index (χ0) is 13.8. The first-order chi connectivity index (χ1) is 9.08. The van der Waals surface area contributed by atoms with Gasteiger partial charge in [0, 0.05) is 0 Å². The smallest absolute Gasteiger partial charge is 0.406 e. The first-order valence-electron chi connectivity index (χ1n) is 5.12. The average Bonchev–Trinajstić information content (AvgIpc) is 2.85. The van der Waals surface area contributed by atoms with Gasteiger partial charge in [-0.05, 0) is 34.2 Å². The van der Waals surface area contributed by atoms with E-state index in [9.17, 15) is 14.9 Å². The SMILES string of the molecule is O=C(O)c1ccc(COc2cccnc2[N+](=O)[O-])o1. The molecule has 0 amide bonds. The predicted octanol–water partition coefficient (Wildman–Crippen LogP) is 1.86. The van der Waals surface area contributed by atoms with Crippen molar-refractivity contribution in [3.63, 3.8) is 0 Å². The van der Waals surface area contributed by atoms with E-state index in [1.54, 1.807) is 0 Å². The summed E-state index contributed by atoms with van der Waals surface area (Å²) in [4.78, 5) is 24.2. The Kier molecular flexibility index (Phi) is 3.42. The summed E-state index contributed by atoms with van der Waals surface area (Å²) in [6.07, 6.45) is 1.28. The van der Waals surface area contributed by atoms with Gasteiger partial charge in [0.2, 0.25) is 11.5 Å². The summed E-state index contributed by atoms with van der Waals surface area (Å²) in [6, 6.07) is 5.59. The number of aromatic nitrogens is 1. The molecule has 0 saturated heterocycles. The number of hydrogen-bond acceptors (Lipinski definition) is 6. The highest BCUT2D eigenvalue weighted by atomic mass is 16.6. The van der Waals surface area contributed by atoms with Crippen LogP contribution in [0.25, 0.3) is 0 Å². The van der Waals surface area contributed by atoms with Crippen molar-refractivity contribution in [3.8, 4) is 5.75 Å². The Morgan fingerprint density at radius 2 is 2.26 bits per heavy atom. The van der Waals surface area contributed by atoms with Crippen LogP contribution in [0.15, 0.2) is 34.9 Å². The maximum Gasteiger partial charge on any atom is 0.406 e. The second-order valence-electron chi connectivity index (χ2n) is 3.44. The van der Waals surface area contributed by atoms with Crippen LogP contribution in [0.1, 0.15) is 16.3 Å². The van der Waals surface area contributed by atoms with E-state index < -0.39 is 16.7 Å². The number of rotatable bonds is 5. The second-order valence-corrected chi connectivity index (χ2v) is 3.44. The Bertz CT molecular complexity index is 621. The first-order valence-corrected chi connectivity index (χ1v) is 5.12. The van der Waals surface area contributed by atoms with Crippen molar-refractivity contribution in [1.29, 1.82) is 0 Å². The van der Waals surface area contributed by atoms with Gasteiger partial charge in [-0.15, -0.1) is 0 Å². The molecule has 8 heteroatoms. The molecule has 1 N–H and O–H groups in total. The van der Waals surface area contributed by atoms with Crippen LogP contribution in [-0.4, -0.2) is 21.0 Å². The number of ether oxygens (including phenoxy) is 1. The van der Waals surface area contributed by atoms with Crippen molar-refractivity contribution in [2.24, 2.45) is 0 Å². The lowest BCUT2D eigenvalue weighted by atomic mass is 10.4. The van der Waals surface area contributed by atoms with Crippen LogP contribution in [0.5, 0.6) is 5.75 Å². The van der Waals surface area contributed by atoms with Gasteiger partial charge in [-0.25, -0.2) is 4.79 Å². The van der Waals surface area contributed by atoms with Crippen molar-refractivity contribution in [2.75, 3.05) is 0 Å². The molecule has 0 saturated carbocycles. The molecule has 0 aromatic carbocycles. The summed E-state index contributed by atoms with van der Waals surface area (Å²) in [7, 11) is 0. The Labute approximate surface area is 106 Å². The minimum absolute atomic E-state index is 0.0132. The molecule has 8 nitrogen and oxygen atoms in total. The summed E-state index contributed by atoms with van der Waals surface area (Å²) in [5, 5.41) is 19.4. The molecule has 0 unspecified atom stereocenters. The molecule has 0 fully saturated rings. The van der Waals surface area contributed by atoms with Crippen LogP contribution in [0, 0.1) is 10.1 Å². The zero-order valence-electron chi connectivity index (χ0n) is 9.48. The lowest BCUT2D eigenvalue weighted by Crippen LogP contribution is -2.00. The molecule has 0 aliphatic heterocycles. The van der Waals surface area contributed by atoms with E-state index in [-0.39, 0.29) is 23.9 Å². The van der Waals surface area contributed by atoms with Gasteiger partial charge >= 0.3 is 11.8 Å². The molecule has 0 spiro atoms. The van der Waals surface area contributed by atoms with E-state index in [0.717, 1.165) is 0 Å². The monoisotopic (exact) mass is 264 g/mol. The lowest BCUT2D eigenvalue weighted by Gasteiger charge is -2.03. The third kappa shape index (κ3) is 2.86. The molecule has 0 aliphatic rings. The maximum atomic E-state index is 10.7. The van der Waals surface area contributed by atoms with E-state index in [2.05, 4.69) is 4.98 Å². The molecule has 2 aromatic rings. The van der Waals surface area contributed by atoms with Crippen molar-refractivity contribution >= 4 is 11.8 Å². The van der Waals surface area contributed by atoms with Crippen molar-refractivity contribution in [2.45, 2.75) is 6.61 Å². The van der Waals surface area contributed by atoms with E-state index in [1.807, 2.05) is 0 Å². The molecule has 98 valence electrons. The van der Waals surface area contributed by atoms with Gasteiger partial charge in [-0.3, -0.25) is 0 Å². The topological polar surface area (TPSA) is 116 Å². The fraction of sp³-hybridized carbons (Fsp3) is 0.0909. The maximum absolute atomic E-state index is 10.7. The fourth-order valence-electron chi connectivity index (χ4n) is 1.35. The van der Waals surface area contributed by atoms with Crippen molar-refractivity contribution in [1.82, 2.24) is 4.98 Å². The number of aromatic carboxylic acids is 1. The number of furan rings is 1. The van der Waals surface area contributed by atoms with Crippen molar-refractivity contribution < 1.29 is 24.0 Å². The molecule has 0 bridgehead atoms. The first kappa shape index (κ1) is 12.6. The van der Waals surface area contributed by atoms with Gasteiger partial charge in [-0.1, -0.05) is 0 Å². The molecule has 2 aromatic heterocycles. The number of hydrogen-bond donors (Lipinski definition) is 1. The third-order valence-corrected chi connectivity index (χ3v) is 2.17. The molecule has 0 aliphatic carbocycles. The van der Waals surface area contributed by atoms with E-state index in [1.165, 1.54) is 30.5 Å². The molecule has 0 atom stereocenters. The number of carboxylic acid groups (broad SMARTS) is 1. The van der Waals surface area contributed by atoms with Crippen LogP contribution in [0.4, 0.5) is 5.82 Å². The highest BCUT2D eigenvalue weighted by Gasteiger charge is 2.16. The Morgan fingerprint density at radius 1 is 1.47 bits per heavy atom. The van der Waals surface area contributed by atoms with Gasteiger partial charge in [-0.2, -0.15) is 0 Å². The third-order valence-electron chi connectivity index (χ3n) is 2.17. The summed E-state index contributed by atoms with van der Waals surface area (Å²) in [6.45, 7) is -0.125. The second kappa shape index (κ2) is 5.17. The quantitative estimate of drug-likeness (QED) is 0.647. The lowest BCUT2D eigenvalue weighted by molar-refractivity contribution is -0.390. The van der Waals surface area contributed by atoms with Crippen molar-refractivity contribution in [3.05, 3.63) is 52.1 Å². The largest absolute Gasteiger partial charge is 0.477 e. The van der Waals surface area contributed by atoms with Crippen LogP contribution >= 0.6 is 0 Å². The minimum atomic E-state index is -1.20. The van der Waals surface area contributed by atoms with Gasteiger partial charge in [0.05, 0.1) is 0 Å². The van der Waals surface area contributed by atoms with Gasteiger partial charge in [0.25, 0.3) is 0 Å². The normalized spacial score (nSPS) is 10.1. The van der Waals surface area contributed by atoms with E-state index >= 15 is 0 Å². The molecular weight excluding hydrogens is 256 g/mol. The molecule has 2 heterocycles.